The summed E-state index contributed by atoms with van der Waals surface area (Å²) in [7, 11) is 1.82. The fourth-order valence-corrected chi connectivity index (χ4v) is 4.60. The molecule has 182 valence electrons. The van der Waals surface area contributed by atoms with E-state index in [4.69, 9.17) is 4.98 Å². The van der Waals surface area contributed by atoms with Crippen molar-refractivity contribution in [2.24, 2.45) is 13.0 Å². The Bertz CT molecular complexity index is 1430. The normalized spacial score (nSPS) is 11.4. The van der Waals surface area contributed by atoms with Gasteiger partial charge in [0.05, 0.1) is 11.4 Å². The number of amides is 1. The number of rotatable bonds is 8. The van der Waals surface area contributed by atoms with Crippen molar-refractivity contribution in [1.29, 1.82) is 0 Å². The number of halogens is 2. The third kappa shape index (κ3) is 5.45. The van der Waals surface area contributed by atoms with Crippen LogP contribution in [0.2, 0.25) is 0 Å². The molecule has 1 N–H and O–H groups in total. The minimum atomic E-state index is -0.853. The Morgan fingerprint density at radius 2 is 1.89 bits per heavy atom. The molecule has 0 aliphatic rings. The first-order chi connectivity index (χ1) is 16.7. The van der Waals surface area contributed by atoms with Gasteiger partial charge in [-0.2, -0.15) is 0 Å². The quantitative estimate of drug-likeness (QED) is 0.260. The van der Waals surface area contributed by atoms with Crippen LogP contribution in [0.15, 0.2) is 64.7 Å². The Morgan fingerprint density at radius 3 is 2.57 bits per heavy atom. The van der Waals surface area contributed by atoms with Gasteiger partial charge < -0.3 is 9.88 Å². The van der Waals surface area contributed by atoms with Crippen molar-refractivity contribution >= 4 is 34.4 Å². The van der Waals surface area contributed by atoms with Crippen molar-refractivity contribution in [3.05, 3.63) is 76.7 Å². The Kier molecular flexibility index (Phi) is 7.35. The number of hydrogen-bond acceptors (Lipinski definition) is 4. The van der Waals surface area contributed by atoms with Crippen LogP contribution in [-0.2, 0) is 18.4 Å². The summed E-state index contributed by atoms with van der Waals surface area (Å²) in [5, 5.41) is 2.87. The molecule has 0 aliphatic carbocycles. The first kappa shape index (κ1) is 24.7. The topological polar surface area (TPSA) is 68.9 Å². The van der Waals surface area contributed by atoms with Gasteiger partial charge in [-0.3, -0.25) is 14.2 Å². The van der Waals surface area contributed by atoms with Gasteiger partial charge in [0, 0.05) is 31.4 Å². The fourth-order valence-electron chi connectivity index (χ4n) is 3.78. The molecule has 0 bridgehead atoms. The Morgan fingerprint density at radius 1 is 1.14 bits per heavy atom. The maximum absolute atomic E-state index is 13.9. The summed E-state index contributed by atoms with van der Waals surface area (Å²) >= 11 is 1.11. The highest BCUT2D eigenvalue weighted by molar-refractivity contribution is 7.99. The maximum Gasteiger partial charge on any atom is 0.278 e. The summed E-state index contributed by atoms with van der Waals surface area (Å²) in [4.78, 5) is 30.9. The van der Waals surface area contributed by atoms with Gasteiger partial charge in [-0.1, -0.05) is 55.9 Å². The van der Waals surface area contributed by atoms with Gasteiger partial charge in [0.2, 0.25) is 5.91 Å². The zero-order valence-electron chi connectivity index (χ0n) is 19.7. The Hall–Kier alpha value is -3.46. The molecule has 0 unspecified atom stereocenters. The summed E-state index contributed by atoms with van der Waals surface area (Å²) in [5.41, 5.74) is 2.55. The van der Waals surface area contributed by atoms with E-state index in [-0.39, 0.29) is 17.0 Å². The van der Waals surface area contributed by atoms with E-state index in [0.29, 0.717) is 34.7 Å². The lowest BCUT2D eigenvalue weighted by molar-refractivity contribution is -0.113. The van der Waals surface area contributed by atoms with Crippen LogP contribution in [0, 0.1) is 17.6 Å². The molecule has 2 heterocycles. The number of nitrogens with one attached hydrogen (secondary N) is 1. The molecule has 1 amide bonds. The molecule has 6 nitrogen and oxygen atoms in total. The van der Waals surface area contributed by atoms with Crippen LogP contribution in [0.3, 0.4) is 0 Å². The van der Waals surface area contributed by atoms with E-state index in [9.17, 15) is 18.4 Å². The Labute approximate surface area is 206 Å². The van der Waals surface area contributed by atoms with Gasteiger partial charge in [-0.15, -0.1) is 0 Å². The standard InChI is InChI=1S/C26H26F2N4O2S/c1-16(2)11-12-32-25(34)24-23(19(14-31(24)3)17-7-5-4-6-8-17)30-26(32)35-15-22(33)29-21-10-9-18(27)13-20(21)28/h4-10,13-14,16H,11-12,15H2,1-3H3,(H,29,33). The van der Waals surface area contributed by atoms with Gasteiger partial charge in [0.1, 0.15) is 22.7 Å². The molecule has 2 aromatic heterocycles. The number of thioether (sulfide) groups is 1. The average Bonchev–Trinajstić information content (AvgIpc) is 3.16. The van der Waals surface area contributed by atoms with Gasteiger partial charge in [-0.05, 0) is 30.0 Å². The summed E-state index contributed by atoms with van der Waals surface area (Å²) in [6.07, 6.45) is 2.66. The number of anilines is 1. The minimum Gasteiger partial charge on any atom is -0.344 e. The van der Waals surface area contributed by atoms with Crippen LogP contribution >= 0.6 is 11.8 Å². The number of hydrogen-bond donors (Lipinski definition) is 1. The van der Waals surface area contributed by atoms with Crippen LogP contribution < -0.4 is 10.9 Å². The van der Waals surface area contributed by atoms with E-state index >= 15 is 0 Å². The van der Waals surface area contributed by atoms with Crippen LogP contribution in [0.5, 0.6) is 0 Å². The van der Waals surface area contributed by atoms with Crippen LogP contribution in [-0.4, -0.2) is 25.8 Å². The molecular weight excluding hydrogens is 470 g/mol. The molecule has 0 fully saturated rings. The number of aromatic nitrogens is 3. The monoisotopic (exact) mass is 496 g/mol. The molecular formula is C26H26F2N4O2S. The van der Waals surface area contributed by atoms with Crippen molar-refractivity contribution in [2.45, 2.75) is 32.0 Å². The lowest BCUT2D eigenvalue weighted by Gasteiger charge is -2.14. The number of benzene rings is 2. The smallest absolute Gasteiger partial charge is 0.278 e. The number of nitrogens with zero attached hydrogens (tertiary/aromatic N) is 3. The highest BCUT2D eigenvalue weighted by Gasteiger charge is 2.20. The van der Waals surface area contributed by atoms with Gasteiger partial charge in [0.25, 0.3) is 5.56 Å². The molecule has 0 aliphatic heterocycles. The van der Waals surface area contributed by atoms with Crippen LogP contribution in [0.4, 0.5) is 14.5 Å². The highest BCUT2D eigenvalue weighted by atomic mass is 32.2. The summed E-state index contributed by atoms with van der Waals surface area (Å²) in [6, 6.07) is 12.6. The number of carbonyl (C=O) groups excluding carboxylic acids is 1. The van der Waals surface area contributed by atoms with Crippen molar-refractivity contribution < 1.29 is 13.6 Å². The largest absolute Gasteiger partial charge is 0.344 e. The first-order valence-electron chi connectivity index (χ1n) is 11.3. The SMILES string of the molecule is CC(C)CCn1c(SCC(=O)Nc2ccc(F)cc2F)nc2c(-c3ccccc3)cn(C)c2c1=O. The van der Waals surface area contributed by atoms with Crippen molar-refractivity contribution in [3.63, 3.8) is 0 Å². The predicted octanol–water partition coefficient (Wildman–Crippen LogP) is 5.46. The minimum absolute atomic E-state index is 0.0933. The molecule has 0 radical (unpaired) electrons. The van der Waals surface area contributed by atoms with Crippen molar-refractivity contribution in [2.75, 3.05) is 11.1 Å². The van der Waals surface area contributed by atoms with Gasteiger partial charge >= 0.3 is 0 Å². The zero-order chi connectivity index (χ0) is 25.1. The van der Waals surface area contributed by atoms with Crippen LogP contribution in [0.1, 0.15) is 20.3 Å². The van der Waals surface area contributed by atoms with Gasteiger partial charge in [0.15, 0.2) is 5.16 Å². The van der Waals surface area contributed by atoms with Crippen LogP contribution in [0.25, 0.3) is 22.2 Å². The highest BCUT2D eigenvalue weighted by Crippen LogP contribution is 2.29. The van der Waals surface area contributed by atoms with E-state index in [1.165, 1.54) is 6.07 Å². The predicted molar refractivity (Wildman–Crippen MR) is 136 cm³/mol. The zero-order valence-corrected chi connectivity index (χ0v) is 20.5. The molecule has 2 aromatic carbocycles. The number of aryl methyl sites for hydroxylation is 1. The molecule has 4 rings (SSSR count). The summed E-state index contributed by atoms with van der Waals surface area (Å²) < 4.78 is 30.5. The second kappa shape index (κ2) is 10.4. The van der Waals surface area contributed by atoms with Gasteiger partial charge in [-0.25, -0.2) is 13.8 Å². The number of fused-ring (bicyclic) bond motifs is 1. The molecule has 9 heteroatoms. The second-order valence-corrected chi connectivity index (χ2v) is 9.65. The van der Waals surface area contributed by atoms with E-state index in [0.717, 1.165) is 35.4 Å². The van der Waals surface area contributed by atoms with E-state index < -0.39 is 17.5 Å². The average molecular weight is 497 g/mol. The number of carbonyl (C=O) groups is 1. The second-order valence-electron chi connectivity index (χ2n) is 8.71. The fraction of sp³-hybridized carbons (Fsp3) is 0.269. The first-order valence-corrected chi connectivity index (χ1v) is 12.3. The maximum atomic E-state index is 13.9. The van der Waals surface area contributed by atoms with E-state index in [1.807, 2.05) is 43.6 Å². The lowest BCUT2D eigenvalue weighted by atomic mass is 10.1. The molecule has 35 heavy (non-hydrogen) atoms. The molecule has 0 atom stereocenters. The van der Waals surface area contributed by atoms with E-state index in [2.05, 4.69) is 19.2 Å². The summed E-state index contributed by atoms with van der Waals surface area (Å²) in [5.74, 6) is -1.79. The summed E-state index contributed by atoms with van der Waals surface area (Å²) in [6.45, 7) is 4.61. The molecule has 4 aromatic rings. The van der Waals surface area contributed by atoms with E-state index in [1.54, 1.807) is 9.13 Å². The third-order valence-electron chi connectivity index (χ3n) is 5.59. The lowest BCUT2D eigenvalue weighted by Crippen LogP contribution is -2.26. The van der Waals surface area contributed by atoms with Crippen molar-refractivity contribution in [1.82, 2.24) is 14.1 Å². The molecule has 0 spiro atoms. The van der Waals surface area contributed by atoms with Crippen molar-refractivity contribution in [3.8, 4) is 11.1 Å². The third-order valence-corrected chi connectivity index (χ3v) is 6.57. The molecule has 0 saturated carbocycles. The molecule has 0 saturated heterocycles. The Balaban J connectivity index is 1.69.